The molecule has 102 valence electrons. The molecule has 0 unspecified atom stereocenters. The number of amides is 2. The topological polar surface area (TPSA) is 101 Å². The summed E-state index contributed by atoms with van der Waals surface area (Å²) in [5, 5.41) is 15.3. The molecule has 2 N–H and O–H groups in total. The number of carbonyl (C=O) groups is 2. The Hall–Kier alpha value is -2.51. The van der Waals surface area contributed by atoms with Gasteiger partial charge in [0.05, 0.1) is 11.5 Å². The predicted octanol–water partition coefficient (Wildman–Crippen LogP) is 0.600. The summed E-state index contributed by atoms with van der Waals surface area (Å²) >= 11 is 0. The van der Waals surface area contributed by atoms with Gasteiger partial charge in [-0.25, -0.2) is 0 Å². The Labute approximate surface area is 107 Å². The van der Waals surface area contributed by atoms with Crippen LogP contribution in [-0.4, -0.2) is 29.8 Å². The van der Waals surface area contributed by atoms with Crippen LogP contribution in [0.4, 0.5) is 10.1 Å². The Kier molecular flexibility index (Phi) is 4.92. The first-order chi connectivity index (χ1) is 8.95. The average molecular weight is 269 g/mol. The second-order valence-corrected chi connectivity index (χ2v) is 3.56. The van der Waals surface area contributed by atoms with Crippen LogP contribution < -0.4 is 10.6 Å². The fourth-order valence-corrected chi connectivity index (χ4v) is 1.32. The number of halogens is 1. The van der Waals surface area contributed by atoms with Crippen LogP contribution in [0.2, 0.25) is 0 Å². The van der Waals surface area contributed by atoms with Crippen LogP contribution in [0.25, 0.3) is 0 Å². The van der Waals surface area contributed by atoms with Gasteiger partial charge in [-0.15, -0.1) is 0 Å². The quantitative estimate of drug-likeness (QED) is 0.603. The highest BCUT2D eigenvalue weighted by Crippen LogP contribution is 2.18. The number of nitrogens with one attached hydrogen (secondary N) is 2. The second-order valence-electron chi connectivity index (χ2n) is 3.56. The molecule has 0 atom stereocenters. The first kappa shape index (κ1) is 14.6. The molecule has 8 heteroatoms. The molecule has 1 aromatic carbocycles. The molecule has 1 aromatic rings. The van der Waals surface area contributed by atoms with E-state index >= 15 is 0 Å². The van der Waals surface area contributed by atoms with Gasteiger partial charge in [0.25, 0.3) is 5.91 Å². The molecule has 0 radical (unpaired) electrons. The summed E-state index contributed by atoms with van der Waals surface area (Å²) < 4.78 is 13.1. The van der Waals surface area contributed by atoms with E-state index in [0.717, 1.165) is 18.2 Å². The van der Waals surface area contributed by atoms with Crippen molar-refractivity contribution in [1.82, 2.24) is 10.6 Å². The standard InChI is InChI=1S/C11H12FN3O4/c1-2-13-10(16)6-14-11(17)7-3-4-8(12)9(5-7)15(18)19/h3-5H,2,6H2,1H3,(H,13,16)(H,14,17). The van der Waals surface area contributed by atoms with Gasteiger partial charge in [-0.2, -0.15) is 4.39 Å². The molecule has 19 heavy (non-hydrogen) atoms. The first-order valence-corrected chi connectivity index (χ1v) is 5.44. The summed E-state index contributed by atoms with van der Waals surface area (Å²) in [6.07, 6.45) is 0. The van der Waals surface area contributed by atoms with Crippen LogP contribution in [0.3, 0.4) is 0 Å². The maximum absolute atomic E-state index is 13.1. The van der Waals surface area contributed by atoms with E-state index in [1.807, 2.05) is 0 Å². The Balaban J connectivity index is 2.75. The molecule has 1 rings (SSSR count). The van der Waals surface area contributed by atoms with Crippen LogP contribution >= 0.6 is 0 Å². The highest BCUT2D eigenvalue weighted by Gasteiger charge is 2.17. The van der Waals surface area contributed by atoms with Gasteiger partial charge in [-0.1, -0.05) is 0 Å². The summed E-state index contributed by atoms with van der Waals surface area (Å²) in [6, 6.07) is 2.76. The van der Waals surface area contributed by atoms with Gasteiger partial charge in [-0.05, 0) is 19.1 Å². The van der Waals surface area contributed by atoms with Crippen molar-refractivity contribution < 1.29 is 18.9 Å². The monoisotopic (exact) mass is 269 g/mol. The largest absolute Gasteiger partial charge is 0.355 e. The third-order valence-electron chi connectivity index (χ3n) is 2.19. The van der Waals surface area contributed by atoms with E-state index in [1.165, 1.54) is 0 Å². The van der Waals surface area contributed by atoms with Crippen LogP contribution in [0.15, 0.2) is 18.2 Å². The van der Waals surface area contributed by atoms with Gasteiger partial charge in [-0.3, -0.25) is 19.7 Å². The van der Waals surface area contributed by atoms with E-state index < -0.39 is 22.3 Å². The van der Waals surface area contributed by atoms with Crippen LogP contribution in [-0.2, 0) is 4.79 Å². The van der Waals surface area contributed by atoms with Crippen molar-refractivity contribution in [3.05, 3.63) is 39.7 Å². The van der Waals surface area contributed by atoms with Crippen molar-refractivity contribution in [2.45, 2.75) is 6.92 Å². The fourth-order valence-electron chi connectivity index (χ4n) is 1.32. The molecule has 0 fully saturated rings. The molecule has 0 spiro atoms. The molecule has 0 saturated carbocycles. The molecular weight excluding hydrogens is 257 g/mol. The number of nitrogens with zero attached hydrogens (tertiary/aromatic N) is 1. The third kappa shape index (κ3) is 4.02. The molecule has 7 nitrogen and oxygen atoms in total. The maximum atomic E-state index is 13.1. The number of nitro benzene ring substituents is 1. The zero-order valence-electron chi connectivity index (χ0n) is 10.1. The Morgan fingerprint density at radius 3 is 2.63 bits per heavy atom. The lowest BCUT2D eigenvalue weighted by Gasteiger charge is -2.05. The van der Waals surface area contributed by atoms with Gasteiger partial charge in [0.2, 0.25) is 11.7 Å². The zero-order valence-corrected chi connectivity index (χ0v) is 10.1. The molecule has 2 amide bonds. The number of nitro groups is 1. The van der Waals surface area contributed by atoms with Crippen molar-refractivity contribution in [3.8, 4) is 0 Å². The Morgan fingerprint density at radius 2 is 2.05 bits per heavy atom. The van der Waals surface area contributed by atoms with Crippen LogP contribution in [0.5, 0.6) is 0 Å². The van der Waals surface area contributed by atoms with Gasteiger partial charge < -0.3 is 10.6 Å². The molecule has 0 aromatic heterocycles. The van der Waals surface area contributed by atoms with E-state index in [2.05, 4.69) is 10.6 Å². The second kappa shape index (κ2) is 6.43. The highest BCUT2D eigenvalue weighted by atomic mass is 19.1. The van der Waals surface area contributed by atoms with Crippen molar-refractivity contribution in [3.63, 3.8) is 0 Å². The van der Waals surface area contributed by atoms with E-state index in [0.29, 0.717) is 6.54 Å². The number of carbonyl (C=O) groups excluding carboxylic acids is 2. The minimum absolute atomic E-state index is 0.0857. The Morgan fingerprint density at radius 1 is 1.37 bits per heavy atom. The van der Waals surface area contributed by atoms with E-state index in [9.17, 15) is 24.1 Å². The molecule has 0 aliphatic carbocycles. The van der Waals surface area contributed by atoms with E-state index in [-0.39, 0.29) is 18.0 Å². The van der Waals surface area contributed by atoms with Crippen molar-refractivity contribution in [1.29, 1.82) is 0 Å². The lowest BCUT2D eigenvalue weighted by molar-refractivity contribution is -0.387. The van der Waals surface area contributed by atoms with Gasteiger partial charge in [0, 0.05) is 18.2 Å². The van der Waals surface area contributed by atoms with E-state index in [1.54, 1.807) is 6.92 Å². The summed E-state index contributed by atoms with van der Waals surface area (Å²) in [6.45, 7) is 1.90. The lowest BCUT2D eigenvalue weighted by Crippen LogP contribution is -2.36. The molecular formula is C11H12FN3O4. The average Bonchev–Trinajstić information content (AvgIpc) is 2.36. The maximum Gasteiger partial charge on any atom is 0.305 e. The third-order valence-corrected chi connectivity index (χ3v) is 2.19. The highest BCUT2D eigenvalue weighted by molar-refractivity contribution is 5.96. The van der Waals surface area contributed by atoms with Crippen molar-refractivity contribution in [2.24, 2.45) is 0 Å². The molecule has 0 bridgehead atoms. The van der Waals surface area contributed by atoms with Crippen LogP contribution in [0.1, 0.15) is 17.3 Å². The number of benzene rings is 1. The summed E-state index contributed by atoms with van der Waals surface area (Å²) in [5.74, 6) is -2.09. The van der Waals surface area contributed by atoms with Crippen molar-refractivity contribution in [2.75, 3.05) is 13.1 Å². The fraction of sp³-hybridized carbons (Fsp3) is 0.273. The molecule has 0 aliphatic heterocycles. The molecule has 0 aliphatic rings. The predicted molar refractivity (Wildman–Crippen MR) is 64.1 cm³/mol. The smallest absolute Gasteiger partial charge is 0.305 e. The van der Waals surface area contributed by atoms with Gasteiger partial charge >= 0.3 is 5.69 Å². The zero-order chi connectivity index (χ0) is 14.4. The summed E-state index contributed by atoms with van der Waals surface area (Å²) in [4.78, 5) is 32.3. The van der Waals surface area contributed by atoms with Gasteiger partial charge in [0.1, 0.15) is 0 Å². The molecule has 0 saturated heterocycles. The van der Waals surface area contributed by atoms with Gasteiger partial charge in [0.15, 0.2) is 0 Å². The summed E-state index contributed by atoms with van der Waals surface area (Å²) in [5.41, 5.74) is -0.872. The van der Waals surface area contributed by atoms with Crippen LogP contribution in [0, 0.1) is 15.9 Å². The lowest BCUT2D eigenvalue weighted by atomic mass is 10.2. The minimum Gasteiger partial charge on any atom is -0.355 e. The number of rotatable bonds is 5. The normalized spacial score (nSPS) is 9.79. The number of hydrogen-bond acceptors (Lipinski definition) is 4. The Bertz CT molecular complexity index is 519. The molecule has 0 heterocycles. The summed E-state index contributed by atoms with van der Waals surface area (Å²) in [7, 11) is 0. The first-order valence-electron chi connectivity index (χ1n) is 5.44. The minimum atomic E-state index is -1.02. The SMILES string of the molecule is CCNC(=O)CNC(=O)c1ccc(F)c([N+](=O)[O-])c1. The number of likely N-dealkylation sites (N-methyl/N-ethyl adjacent to an activating group) is 1. The van der Waals surface area contributed by atoms with Crippen molar-refractivity contribution >= 4 is 17.5 Å². The number of hydrogen-bond donors (Lipinski definition) is 2. The van der Waals surface area contributed by atoms with E-state index in [4.69, 9.17) is 0 Å².